The van der Waals surface area contributed by atoms with Crippen molar-refractivity contribution in [2.75, 3.05) is 0 Å². The van der Waals surface area contributed by atoms with Crippen LogP contribution in [0, 0.1) is 13.8 Å². The van der Waals surface area contributed by atoms with E-state index in [1.165, 1.54) is 44.5 Å². The summed E-state index contributed by atoms with van der Waals surface area (Å²) in [5.41, 5.74) is 14.6. The smallest absolute Gasteiger partial charge is 1.00 e. The normalized spacial score (nSPS) is 13.7. The first-order valence-electron chi connectivity index (χ1n) is 15.5. The topological polar surface area (TPSA) is 0 Å². The molecular formula is C41H44Cl2Hf. The second-order valence-corrected chi connectivity index (χ2v) is 23.5. The van der Waals surface area contributed by atoms with E-state index < -0.39 is 21.0 Å². The number of aryl methyl sites for hydroxylation is 2. The molecule has 0 bridgehead atoms. The molecule has 4 aromatic carbocycles. The maximum atomic E-state index is 2.59. The number of hydrogen-bond donors (Lipinski definition) is 0. The molecule has 0 aliphatic heterocycles. The molecule has 2 aliphatic rings. The molecule has 44 heavy (non-hydrogen) atoms. The van der Waals surface area contributed by atoms with Gasteiger partial charge < -0.3 is 24.8 Å². The first-order chi connectivity index (χ1) is 19.9. The van der Waals surface area contributed by atoms with Gasteiger partial charge in [0, 0.05) is 0 Å². The fraction of sp³-hybridized carbons (Fsp3) is 0.293. The molecule has 0 heterocycles. The summed E-state index contributed by atoms with van der Waals surface area (Å²) in [6.45, 7) is 18.5. The molecule has 2 aliphatic carbocycles. The summed E-state index contributed by atoms with van der Waals surface area (Å²) in [4.78, 5) is 0. The van der Waals surface area contributed by atoms with Crippen LogP contribution >= 0.6 is 0 Å². The number of fused-ring (bicyclic) bond motifs is 3. The maximum absolute atomic E-state index is 2.94. The van der Waals surface area contributed by atoms with Crippen molar-refractivity contribution in [3.8, 4) is 11.1 Å². The summed E-state index contributed by atoms with van der Waals surface area (Å²) in [7, 11) is 0. The molecule has 0 fully saturated rings. The molecule has 226 valence electrons. The van der Waals surface area contributed by atoms with Crippen LogP contribution in [0.25, 0.3) is 11.1 Å². The van der Waals surface area contributed by atoms with Crippen LogP contribution in [0.4, 0.5) is 0 Å². The number of allylic oxidation sites excluding steroid dienone is 4. The molecule has 0 atom stereocenters. The van der Waals surface area contributed by atoms with E-state index in [4.69, 9.17) is 0 Å². The summed E-state index contributed by atoms with van der Waals surface area (Å²) < 4.78 is 3.79. The van der Waals surface area contributed by atoms with Gasteiger partial charge in [0.25, 0.3) is 0 Å². The molecule has 0 radical (unpaired) electrons. The van der Waals surface area contributed by atoms with Gasteiger partial charge in [-0.3, -0.25) is 0 Å². The summed E-state index contributed by atoms with van der Waals surface area (Å²) >= 11 is -2.94. The first kappa shape index (κ1) is 34.6. The van der Waals surface area contributed by atoms with Gasteiger partial charge in [0.15, 0.2) is 0 Å². The van der Waals surface area contributed by atoms with E-state index in [2.05, 4.69) is 159 Å². The van der Waals surface area contributed by atoms with Crippen molar-refractivity contribution in [1.82, 2.24) is 0 Å². The minimum absolute atomic E-state index is 0. The quantitative estimate of drug-likeness (QED) is 0.264. The van der Waals surface area contributed by atoms with Crippen molar-refractivity contribution in [1.29, 1.82) is 0 Å². The van der Waals surface area contributed by atoms with Gasteiger partial charge in [0.2, 0.25) is 0 Å². The summed E-state index contributed by atoms with van der Waals surface area (Å²) in [5.74, 6) is 0. The standard InChI is InChI=1S/C21H25.C15H14.C5H5.2ClH.Hf/c1-20(2,3)16-7-9-18-14(12-16)11-15-13-17(21(4,5)6)8-10-19(15)18;1-12-3-7-14(8-4-12)11-15-9-5-13(2)6-10-15;1-2-4-5-3-1;;;/h7-13H,1-6H3;3-10H,1-2H3;1-3H,4H2;2*1H;/q;;;;;+2/p-2. The second-order valence-electron chi connectivity index (χ2n) is 14.4. The minimum Gasteiger partial charge on any atom is -1.00 e. The second kappa shape index (κ2) is 13.2. The first-order valence-corrected chi connectivity index (χ1v) is 21.1. The van der Waals surface area contributed by atoms with Crippen molar-refractivity contribution in [2.24, 2.45) is 0 Å². The molecule has 0 unspecified atom stereocenters. The van der Waals surface area contributed by atoms with Gasteiger partial charge in [-0.25, -0.2) is 0 Å². The van der Waals surface area contributed by atoms with Crippen molar-refractivity contribution < 1.29 is 45.8 Å². The number of hydrogen-bond acceptors (Lipinski definition) is 0. The number of rotatable bonds is 4. The molecule has 4 aromatic rings. The third-order valence-electron chi connectivity index (χ3n) is 9.10. The zero-order valence-electron chi connectivity index (χ0n) is 27.4. The molecule has 3 heteroatoms. The number of benzene rings is 4. The van der Waals surface area contributed by atoms with Crippen molar-refractivity contribution in [3.63, 3.8) is 0 Å². The van der Waals surface area contributed by atoms with Gasteiger partial charge in [-0.05, 0) is 0 Å². The SMILES string of the molecule is Cc1ccc([C](c2ccc(C)cc2)=[Hf+2]([C]2=CC=CC2)[CH]2c3cc(C(C)(C)C)ccc3-c3ccc(C(C)(C)C)cc32)cc1.[Cl-].[Cl-]. The molecule has 0 aromatic heterocycles. The van der Waals surface area contributed by atoms with Crippen LogP contribution in [-0.2, 0) is 31.8 Å². The van der Waals surface area contributed by atoms with Crippen molar-refractivity contribution in [3.05, 3.63) is 151 Å². The Labute approximate surface area is 285 Å². The van der Waals surface area contributed by atoms with Crippen LogP contribution in [0.5, 0.6) is 0 Å². The van der Waals surface area contributed by atoms with Crippen LogP contribution < -0.4 is 24.8 Å². The monoisotopic (exact) mass is 786 g/mol. The average Bonchev–Trinajstić information content (AvgIpc) is 3.58. The van der Waals surface area contributed by atoms with Crippen LogP contribution in [0.1, 0.15) is 96.1 Å². The summed E-state index contributed by atoms with van der Waals surface area (Å²) in [5, 5.41) is 0. The minimum atomic E-state index is -2.94. The van der Waals surface area contributed by atoms with Gasteiger partial charge in [-0.1, -0.05) is 0 Å². The molecule has 0 nitrogen and oxygen atoms in total. The molecule has 0 saturated heterocycles. The summed E-state index contributed by atoms with van der Waals surface area (Å²) in [6.07, 6.45) is 8.28. The van der Waals surface area contributed by atoms with E-state index >= 15 is 0 Å². The fourth-order valence-electron chi connectivity index (χ4n) is 6.56. The van der Waals surface area contributed by atoms with E-state index in [9.17, 15) is 0 Å². The van der Waals surface area contributed by atoms with Crippen molar-refractivity contribution in [2.45, 2.75) is 76.3 Å². The van der Waals surface area contributed by atoms with Crippen LogP contribution in [-0.4, -0.2) is 3.26 Å². The Morgan fingerprint density at radius 1 is 0.614 bits per heavy atom. The largest absolute Gasteiger partial charge is 1.00 e. The molecule has 0 spiro atoms. The van der Waals surface area contributed by atoms with Gasteiger partial charge >= 0.3 is 263 Å². The van der Waals surface area contributed by atoms with E-state index in [1.807, 2.05) is 0 Å². The fourth-order valence-corrected chi connectivity index (χ4v) is 19.7. The van der Waals surface area contributed by atoms with Crippen LogP contribution in [0.3, 0.4) is 0 Å². The van der Waals surface area contributed by atoms with Gasteiger partial charge in [-0.15, -0.1) is 0 Å². The zero-order chi connectivity index (χ0) is 29.8. The third kappa shape index (κ3) is 6.62. The van der Waals surface area contributed by atoms with Crippen LogP contribution in [0.2, 0.25) is 0 Å². The molecule has 0 saturated carbocycles. The molecule has 6 rings (SSSR count). The number of halogens is 2. The predicted octanol–water partition coefficient (Wildman–Crippen LogP) is 4.71. The van der Waals surface area contributed by atoms with E-state index in [0.29, 0.717) is 3.67 Å². The average molecular weight is 786 g/mol. The van der Waals surface area contributed by atoms with E-state index in [-0.39, 0.29) is 35.6 Å². The molecular weight excluding hydrogens is 742 g/mol. The zero-order valence-corrected chi connectivity index (χ0v) is 32.5. The maximum Gasteiger partial charge on any atom is -1.00 e. The Hall–Kier alpha value is -2.32. The Morgan fingerprint density at radius 2 is 1.05 bits per heavy atom. The Balaban J connectivity index is 0.00000221. The van der Waals surface area contributed by atoms with E-state index in [1.54, 1.807) is 17.7 Å². The van der Waals surface area contributed by atoms with Gasteiger partial charge in [0.1, 0.15) is 0 Å². The van der Waals surface area contributed by atoms with Gasteiger partial charge in [0.05, 0.1) is 0 Å². The van der Waals surface area contributed by atoms with Gasteiger partial charge in [-0.2, -0.15) is 0 Å². The Morgan fingerprint density at radius 3 is 1.41 bits per heavy atom. The predicted molar refractivity (Wildman–Crippen MR) is 179 cm³/mol. The summed E-state index contributed by atoms with van der Waals surface area (Å²) in [6, 6.07) is 33.6. The Kier molecular flexibility index (Phi) is 10.4. The third-order valence-corrected chi connectivity index (χ3v) is 21.2. The molecule has 0 N–H and O–H groups in total. The van der Waals surface area contributed by atoms with Crippen LogP contribution in [0.15, 0.2) is 106 Å². The molecule has 0 amide bonds. The van der Waals surface area contributed by atoms with Crippen molar-refractivity contribution >= 4 is 3.26 Å². The Bertz CT molecular complexity index is 1640. The van der Waals surface area contributed by atoms with E-state index in [0.717, 1.165) is 6.42 Å².